The monoisotopic (exact) mass is 406 g/mol. The van der Waals surface area contributed by atoms with E-state index < -0.39 is 0 Å². The first kappa shape index (κ1) is 20.6. The maximum atomic E-state index is 14.0. The number of nitrogens with one attached hydrogen (secondary N) is 2. The molecule has 1 aliphatic heterocycles. The number of halogens is 2. The fourth-order valence-corrected chi connectivity index (χ4v) is 3.41. The van der Waals surface area contributed by atoms with Crippen LogP contribution in [0.2, 0.25) is 5.02 Å². The molecular weight excluding hydrogens is 381 g/mol. The molecule has 1 amide bonds. The maximum Gasteiger partial charge on any atom is 0.282 e. The van der Waals surface area contributed by atoms with Crippen LogP contribution >= 0.6 is 11.6 Å². The number of carbonyl (C=O) groups is 1. The Morgan fingerprint density at radius 1 is 1.25 bits per heavy atom. The smallest absolute Gasteiger partial charge is 0.282 e. The minimum absolute atomic E-state index is 0.121. The van der Waals surface area contributed by atoms with Crippen molar-refractivity contribution < 1.29 is 18.8 Å². The van der Waals surface area contributed by atoms with E-state index in [0.717, 1.165) is 42.6 Å². The highest BCUT2D eigenvalue weighted by atomic mass is 35.5. The van der Waals surface area contributed by atoms with Crippen LogP contribution in [0.3, 0.4) is 0 Å². The van der Waals surface area contributed by atoms with Crippen molar-refractivity contribution in [3.8, 4) is 0 Å². The van der Waals surface area contributed by atoms with Crippen molar-refractivity contribution in [2.45, 2.75) is 19.5 Å². The van der Waals surface area contributed by atoms with Crippen LogP contribution in [0.15, 0.2) is 42.5 Å². The lowest BCUT2D eigenvalue weighted by Gasteiger charge is -2.29. The molecule has 2 aromatic rings. The quantitative estimate of drug-likeness (QED) is 0.774. The molecule has 0 saturated carbocycles. The average molecular weight is 407 g/mol. The van der Waals surface area contributed by atoms with Crippen LogP contribution in [-0.2, 0) is 16.1 Å². The van der Waals surface area contributed by atoms with Crippen LogP contribution in [0.1, 0.15) is 12.5 Å². The second-order valence-electron chi connectivity index (χ2n) is 7.08. The number of likely N-dealkylation sites (N-methyl/N-ethyl adjacent to an activating group) is 1. The molecular formula is C21H26ClFN3O2+. The number of hydrogen-bond donors (Lipinski definition) is 2. The fraction of sp³-hybridized carbons (Fsp3) is 0.381. The van der Waals surface area contributed by atoms with Gasteiger partial charge in [-0.15, -0.1) is 0 Å². The SMILES string of the molecule is C[C@@H](C(=O)Nc1ccc(N2CCOCC2)cc1)[NH+](C)Cc1c(F)cccc1Cl. The van der Waals surface area contributed by atoms with Crippen molar-refractivity contribution in [1.29, 1.82) is 0 Å². The van der Waals surface area contributed by atoms with Gasteiger partial charge in [0.05, 0.1) is 30.8 Å². The van der Waals surface area contributed by atoms with E-state index in [1.54, 1.807) is 12.1 Å². The molecule has 28 heavy (non-hydrogen) atoms. The van der Waals surface area contributed by atoms with Gasteiger partial charge in [-0.05, 0) is 43.3 Å². The molecule has 2 N–H and O–H groups in total. The van der Waals surface area contributed by atoms with Gasteiger partial charge in [0.1, 0.15) is 12.4 Å². The van der Waals surface area contributed by atoms with E-state index in [1.807, 2.05) is 38.2 Å². The predicted octanol–water partition coefficient (Wildman–Crippen LogP) is 2.36. The third-order valence-corrected chi connectivity index (χ3v) is 5.51. The van der Waals surface area contributed by atoms with Gasteiger partial charge in [-0.25, -0.2) is 4.39 Å². The number of nitrogens with zero attached hydrogens (tertiary/aromatic N) is 1. The first-order valence-corrected chi connectivity index (χ1v) is 9.82. The molecule has 1 aliphatic rings. The summed E-state index contributed by atoms with van der Waals surface area (Å²) in [6.07, 6.45) is 0. The highest BCUT2D eigenvalue weighted by molar-refractivity contribution is 6.31. The highest BCUT2D eigenvalue weighted by Gasteiger charge is 2.24. The molecule has 0 spiro atoms. The van der Waals surface area contributed by atoms with E-state index in [4.69, 9.17) is 16.3 Å². The molecule has 1 fully saturated rings. The third kappa shape index (κ3) is 5.01. The Labute approximate surface area is 170 Å². The molecule has 0 aromatic heterocycles. The van der Waals surface area contributed by atoms with Crippen molar-refractivity contribution in [3.05, 3.63) is 58.9 Å². The van der Waals surface area contributed by atoms with Crippen molar-refractivity contribution in [2.24, 2.45) is 0 Å². The summed E-state index contributed by atoms with van der Waals surface area (Å²) in [6, 6.07) is 12.1. The summed E-state index contributed by atoms with van der Waals surface area (Å²) >= 11 is 6.10. The molecule has 5 nitrogen and oxygen atoms in total. The number of quaternary nitrogens is 1. The number of benzene rings is 2. The van der Waals surface area contributed by atoms with Crippen molar-refractivity contribution in [3.63, 3.8) is 0 Å². The van der Waals surface area contributed by atoms with Crippen LogP contribution in [0.25, 0.3) is 0 Å². The van der Waals surface area contributed by atoms with Gasteiger partial charge in [0.15, 0.2) is 6.04 Å². The topological polar surface area (TPSA) is 46.0 Å². The Morgan fingerprint density at radius 3 is 2.57 bits per heavy atom. The molecule has 3 rings (SSSR count). The first-order chi connectivity index (χ1) is 13.5. The van der Waals surface area contributed by atoms with Gasteiger partial charge < -0.3 is 19.9 Å². The van der Waals surface area contributed by atoms with E-state index >= 15 is 0 Å². The van der Waals surface area contributed by atoms with Gasteiger partial charge in [-0.3, -0.25) is 4.79 Å². The predicted molar refractivity (Wildman–Crippen MR) is 110 cm³/mol. The minimum Gasteiger partial charge on any atom is -0.378 e. The summed E-state index contributed by atoms with van der Waals surface area (Å²) < 4.78 is 19.4. The summed E-state index contributed by atoms with van der Waals surface area (Å²) in [4.78, 5) is 15.7. The van der Waals surface area contributed by atoms with Crippen LogP contribution in [0, 0.1) is 5.82 Å². The molecule has 1 unspecified atom stereocenters. The third-order valence-electron chi connectivity index (χ3n) is 5.16. The second kappa shape index (κ2) is 9.37. The molecule has 150 valence electrons. The van der Waals surface area contributed by atoms with Crippen LogP contribution < -0.4 is 15.1 Å². The average Bonchev–Trinajstić information content (AvgIpc) is 2.71. The van der Waals surface area contributed by atoms with Gasteiger partial charge in [-0.1, -0.05) is 17.7 Å². The molecule has 2 atom stereocenters. The van der Waals surface area contributed by atoms with Gasteiger partial charge in [0.25, 0.3) is 5.91 Å². The van der Waals surface area contributed by atoms with Crippen molar-refractivity contribution >= 4 is 28.9 Å². The maximum absolute atomic E-state index is 14.0. The molecule has 0 bridgehead atoms. The van der Waals surface area contributed by atoms with Gasteiger partial charge in [-0.2, -0.15) is 0 Å². The normalized spacial score (nSPS) is 16.5. The molecule has 0 aliphatic carbocycles. The molecule has 7 heteroatoms. The lowest BCUT2D eigenvalue weighted by atomic mass is 10.1. The van der Waals surface area contributed by atoms with Gasteiger partial charge in [0, 0.05) is 24.5 Å². The number of rotatable bonds is 6. The van der Waals surface area contributed by atoms with Gasteiger partial charge in [0.2, 0.25) is 0 Å². The minimum atomic E-state index is -0.366. The van der Waals surface area contributed by atoms with E-state index in [1.165, 1.54) is 6.07 Å². The lowest BCUT2D eigenvalue weighted by molar-refractivity contribution is -0.908. The van der Waals surface area contributed by atoms with Gasteiger partial charge >= 0.3 is 0 Å². The van der Waals surface area contributed by atoms with E-state index in [0.29, 0.717) is 17.1 Å². The first-order valence-electron chi connectivity index (χ1n) is 9.44. The van der Waals surface area contributed by atoms with Crippen LogP contribution in [0.5, 0.6) is 0 Å². The number of hydrogen-bond acceptors (Lipinski definition) is 3. The van der Waals surface area contributed by atoms with E-state index in [2.05, 4.69) is 10.2 Å². The summed E-state index contributed by atoms with van der Waals surface area (Å²) in [5.74, 6) is -0.470. The zero-order chi connectivity index (χ0) is 20.1. The molecule has 2 aromatic carbocycles. The summed E-state index contributed by atoms with van der Waals surface area (Å²) in [6.45, 7) is 5.36. The molecule has 0 radical (unpaired) electrons. The number of amides is 1. The number of carbonyl (C=O) groups excluding carboxylic acids is 1. The zero-order valence-corrected chi connectivity index (χ0v) is 16.9. The Morgan fingerprint density at radius 2 is 1.93 bits per heavy atom. The van der Waals surface area contributed by atoms with Crippen LogP contribution in [0.4, 0.5) is 15.8 Å². The molecule has 1 heterocycles. The summed E-state index contributed by atoms with van der Waals surface area (Å²) in [5, 5.41) is 3.32. The standard InChI is InChI=1S/C21H25ClFN3O2/c1-15(25(2)14-18-19(22)4-3-5-20(18)23)21(27)24-16-6-8-17(9-7-16)26-10-12-28-13-11-26/h3-9,15H,10-14H2,1-2H3,(H,24,27)/p+1/t15-/m0/s1. The lowest BCUT2D eigenvalue weighted by Crippen LogP contribution is -3.12. The highest BCUT2D eigenvalue weighted by Crippen LogP contribution is 2.19. The van der Waals surface area contributed by atoms with Crippen molar-refractivity contribution in [2.75, 3.05) is 43.6 Å². The Kier molecular flexibility index (Phi) is 6.88. The fourth-order valence-electron chi connectivity index (χ4n) is 3.18. The van der Waals surface area contributed by atoms with E-state index in [9.17, 15) is 9.18 Å². The van der Waals surface area contributed by atoms with Crippen molar-refractivity contribution in [1.82, 2.24) is 0 Å². The van der Waals surface area contributed by atoms with Crippen LogP contribution in [-0.4, -0.2) is 45.3 Å². The second-order valence-corrected chi connectivity index (χ2v) is 7.49. The molecule has 1 saturated heterocycles. The zero-order valence-electron chi connectivity index (χ0n) is 16.2. The Bertz CT molecular complexity index is 790. The summed E-state index contributed by atoms with van der Waals surface area (Å²) in [7, 11) is 1.86. The Balaban J connectivity index is 1.58. The summed E-state index contributed by atoms with van der Waals surface area (Å²) in [5.41, 5.74) is 2.29. The Hall–Kier alpha value is -2.15. The number of anilines is 2. The number of ether oxygens (including phenoxy) is 1. The van der Waals surface area contributed by atoms with E-state index in [-0.39, 0.29) is 17.8 Å². The number of morpholine rings is 1. The largest absolute Gasteiger partial charge is 0.378 e.